The third-order valence-corrected chi connectivity index (χ3v) is 4.78. The summed E-state index contributed by atoms with van der Waals surface area (Å²) in [4.78, 5) is 26.8. The maximum atomic E-state index is 13.1. The first kappa shape index (κ1) is 18.0. The van der Waals surface area contributed by atoms with Gasteiger partial charge in [-0.1, -0.05) is 0 Å². The molecule has 2 aromatic carbocycles. The first-order chi connectivity index (χ1) is 13.5. The Morgan fingerprint density at radius 1 is 1.14 bits per heavy atom. The lowest BCUT2D eigenvalue weighted by Gasteiger charge is -2.29. The van der Waals surface area contributed by atoms with Gasteiger partial charge in [-0.15, -0.1) is 0 Å². The average molecular weight is 396 g/mol. The van der Waals surface area contributed by atoms with Gasteiger partial charge in [-0.05, 0) is 72.7 Å². The molecule has 1 saturated heterocycles. The number of carbonyl (C=O) groups excluding carboxylic acids is 2. The quantitative estimate of drug-likeness (QED) is 0.488. The van der Waals surface area contributed by atoms with E-state index < -0.39 is 11.8 Å². The molecule has 2 amide bonds. The second kappa shape index (κ2) is 6.97. The highest BCUT2D eigenvalue weighted by molar-refractivity contribution is 7.80. The van der Waals surface area contributed by atoms with Crippen molar-refractivity contribution in [1.82, 2.24) is 5.32 Å². The summed E-state index contributed by atoms with van der Waals surface area (Å²) in [5.41, 5.74) is 2.04. The molecule has 2 aromatic rings. The lowest BCUT2D eigenvalue weighted by atomic mass is 10.0. The molecule has 8 heteroatoms. The standard InChI is InChI=1S/C20H16N2O5S/c1-11-7-16-17(27-10-26-16)9-12(11)8-15-18(23)21-20(28)22(19(15)24)13-3-5-14(25-2)6-4-13/h3-9H,10H2,1-2H3,(H,21,23,28)/b15-8+. The Morgan fingerprint density at radius 3 is 2.50 bits per heavy atom. The minimum absolute atomic E-state index is 0.0219. The molecule has 1 N–H and O–H groups in total. The van der Waals surface area contributed by atoms with Crippen LogP contribution in [0.25, 0.3) is 6.08 Å². The fraction of sp³-hybridized carbons (Fsp3) is 0.150. The molecule has 0 spiro atoms. The summed E-state index contributed by atoms with van der Waals surface area (Å²) in [6, 6.07) is 10.4. The molecule has 0 unspecified atom stereocenters. The monoisotopic (exact) mass is 396 g/mol. The molecule has 0 aromatic heterocycles. The minimum atomic E-state index is -0.545. The fourth-order valence-electron chi connectivity index (χ4n) is 2.99. The van der Waals surface area contributed by atoms with Gasteiger partial charge in [-0.25, -0.2) is 0 Å². The lowest BCUT2D eigenvalue weighted by Crippen LogP contribution is -2.54. The molecule has 2 aliphatic heterocycles. The van der Waals surface area contributed by atoms with E-state index >= 15 is 0 Å². The van der Waals surface area contributed by atoms with Crippen LogP contribution in [-0.4, -0.2) is 30.8 Å². The number of rotatable bonds is 3. The van der Waals surface area contributed by atoms with E-state index in [-0.39, 0.29) is 17.5 Å². The number of anilines is 1. The summed E-state index contributed by atoms with van der Waals surface area (Å²) in [5.74, 6) is 0.812. The van der Waals surface area contributed by atoms with Gasteiger partial charge in [0, 0.05) is 0 Å². The zero-order valence-corrected chi connectivity index (χ0v) is 16.0. The summed E-state index contributed by atoms with van der Waals surface area (Å²) in [6.45, 7) is 2.01. The van der Waals surface area contributed by atoms with E-state index in [0.29, 0.717) is 28.5 Å². The number of amides is 2. The van der Waals surface area contributed by atoms with E-state index in [9.17, 15) is 9.59 Å². The average Bonchev–Trinajstić information content (AvgIpc) is 3.12. The molecule has 4 rings (SSSR count). The number of hydrogen-bond acceptors (Lipinski definition) is 6. The third-order valence-electron chi connectivity index (χ3n) is 4.49. The SMILES string of the molecule is COc1ccc(N2C(=O)/C(=C/c3cc4c(cc3C)OCO4)C(=O)NC2=S)cc1. The van der Waals surface area contributed by atoms with Gasteiger partial charge in [0.1, 0.15) is 11.3 Å². The number of methoxy groups -OCH3 is 1. The second-order valence-corrected chi connectivity index (χ2v) is 6.60. The normalized spacial score (nSPS) is 17.1. The molecule has 2 heterocycles. The Labute approximate surface area is 166 Å². The molecular formula is C20H16N2O5S. The van der Waals surface area contributed by atoms with E-state index in [1.54, 1.807) is 37.4 Å². The maximum Gasteiger partial charge on any atom is 0.270 e. The smallest absolute Gasteiger partial charge is 0.270 e. The molecule has 0 saturated carbocycles. The zero-order chi connectivity index (χ0) is 19.8. The lowest BCUT2D eigenvalue weighted by molar-refractivity contribution is -0.122. The number of fused-ring (bicyclic) bond motifs is 1. The van der Waals surface area contributed by atoms with Gasteiger partial charge in [0.2, 0.25) is 6.79 Å². The third kappa shape index (κ3) is 3.07. The van der Waals surface area contributed by atoms with Gasteiger partial charge in [0.25, 0.3) is 11.8 Å². The van der Waals surface area contributed by atoms with Crippen LogP contribution >= 0.6 is 12.2 Å². The zero-order valence-electron chi connectivity index (χ0n) is 15.1. The number of benzene rings is 2. The minimum Gasteiger partial charge on any atom is -0.497 e. The fourth-order valence-corrected chi connectivity index (χ4v) is 3.27. The maximum absolute atomic E-state index is 13.1. The largest absolute Gasteiger partial charge is 0.497 e. The molecule has 1 fully saturated rings. The molecule has 2 aliphatic rings. The number of thiocarbonyl (C=S) groups is 1. The highest BCUT2D eigenvalue weighted by atomic mass is 32.1. The van der Waals surface area contributed by atoms with Gasteiger partial charge in [0.15, 0.2) is 16.6 Å². The van der Waals surface area contributed by atoms with Crippen molar-refractivity contribution in [3.05, 3.63) is 53.1 Å². The predicted molar refractivity (Wildman–Crippen MR) is 106 cm³/mol. The Balaban J connectivity index is 1.72. The molecule has 7 nitrogen and oxygen atoms in total. The highest BCUT2D eigenvalue weighted by Crippen LogP contribution is 2.35. The Bertz CT molecular complexity index is 1030. The number of ether oxygens (including phenoxy) is 3. The van der Waals surface area contributed by atoms with Crippen molar-refractivity contribution in [3.8, 4) is 17.2 Å². The molecule has 0 aliphatic carbocycles. The molecule has 142 valence electrons. The number of carbonyl (C=O) groups is 2. The van der Waals surface area contributed by atoms with Crippen LogP contribution in [0.4, 0.5) is 5.69 Å². The Morgan fingerprint density at radius 2 is 1.82 bits per heavy atom. The van der Waals surface area contributed by atoms with E-state index in [1.807, 2.05) is 13.0 Å². The summed E-state index contributed by atoms with van der Waals surface area (Å²) in [5, 5.41) is 2.60. The van der Waals surface area contributed by atoms with Gasteiger partial charge in [-0.3, -0.25) is 19.8 Å². The number of hydrogen-bond donors (Lipinski definition) is 1. The van der Waals surface area contributed by atoms with E-state index in [1.165, 1.54) is 11.0 Å². The van der Waals surface area contributed by atoms with Gasteiger partial charge in [0.05, 0.1) is 12.8 Å². The molecule has 0 bridgehead atoms. The van der Waals surface area contributed by atoms with Gasteiger partial charge >= 0.3 is 0 Å². The molecular weight excluding hydrogens is 380 g/mol. The molecule has 28 heavy (non-hydrogen) atoms. The number of aryl methyl sites for hydroxylation is 1. The number of nitrogens with zero attached hydrogens (tertiary/aromatic N) is 1. The topological polar surface area (TPSA) is 77.1 Å². The second-order valence-electron chi connectivity index (χ2n) is 6.22. The van der Waals surface area contributed by atoms with Gasteiger partial charge < -0.3 is 14.2 Å². The van der Waals surface area contributed by atoms with Crippen LogP contribution in [0.1, 0.15) is 11.1 Å². The Hall–Kier alpha value is -3.39. The van der Waals surface area contributed by atoms with Crippen molar-refractivity contribution >= 4 is 40.9 Å². The molecule has 0 atom stereocenters. The van der Waals surface area contributed by atoms with Crippen LogP contribution in [-0.2, 0) is 9.59 Å². The van der Waals surface area contributed by atoms with Crippen molar-refractivity contribution in [1.29, 1.82) is 0 Å². The van der Waals surface area contributed by atoms with Crippen LogP contribution in [0.3, 0.4) is 0 Å². The van der Waals surface area contributed by atoms with Crippen LogP contribution in [0.15, 0.2) is 42.0 Å². The summed E-state index contributed by atoms with van der Waals surface area (Å²) < 4.78 is 15.9. The van der Waals surface area contributed by atoms with Crippen molar-refractivity contribution in [2.24, 2.45) is 0 Å². The van der Waals surface area contributed by atoms with Crippen LogP contribution in [0.2, 0.25) is 0 Å². The van der Waals surface area contributed by atoms with Crippen LogP contribution in [0, 0.1) is 6.92 Å². The van der Waals surface area contributed by atoms with Crippen molar-refractivity contribution in [2.45, 2.75) is 6.92 Å². The van der Waals surface area contributed by atoms with E-state index in [0.717, 1.165) is 5.56 Å². The van der Waals surface area contributed by atoms with Crippen LogP contribution < -0.4 is 24.4 Å². The van der Waals surface area contributed by atoms with E-state index in [4.69, 9.17) is 26.4 Å². The Kier molecular flexibility index (Phi) is 4.48. The van der Waals surface area contributed by atoms with Crippen molar-refractivity contribution in [3.63, 3.8) is 0 Å². The summed E-state index contributed by atoms with van der Waals surface area (Å²) >= 11 is 5.21. The molecule has 0 radical (unpaired) electrons. The number of nitrogens with one attached hydrogen (secondary N) is 1. The first-order valence-corrected chi connectivity index (χ1v) is 8.84. The predicted octanol–water partition coefficient (Wildman–Crippen LogP) is 2.56. The first-order valence-electron chi connectivity index (χ1n) is 8.43. The van der Waals surface area contributed by atoms with Crippen LogP contribution in [0.5, 0.6) is 17.2 Å². The summed E-state index contributed by atoms with van der Waals surface area (Å²) in [7, 11) is 1.56. The summed E-state index contributed by atoms with van der Waals surface area (Å²) in [6.07, 6.45) is 1.53. The van der Waals surface area contributed by atoms with E-state index in [2.05, 4.69) is 5.32 Å². The van der Waals surface area contributed by atoms with Crippen molar-refractivity contribution in [2.75, 3.05) is 18.8 Å². The van der Waals surface area contributed by atoms with Gasteiger partial charge in [-0.2, -0.15) is 0 Å². The van der Waals surface area contributed by atoms with Crippen molar-refractivity contribution < 1.29 is 23.8 Å². The highest BCUT2D eigenvalue weighted by Gasteiger charge is 2.34.